The molecule has 1 amide bonds. The first-order valence-electron chi connectivity index (χ1n) is 5.06. The van der Waals surface area contributed by atoms with E-state index in [9.17, 15) is 14.0 Å². The van der Waals surface area contributed by atoms with E-state index in [2.05, 4.69) is 5.32 Å². The second kappa shape index (κ2) is 6.32. The molecule has 0 aliphatic carbocycles. The van der Waals surface area contributed by atoms with E-state index in [-0.39, 0.29) is 23.6 Å². The van der Waals surface area contributed by atoms with Gasteiger partial charge in [-0.05, 0) is 18.2 Å². The van der Waals surface area contributed by atoms with Crippen molar-refractivity contribution in [3.8, 4) is 0 Å². The van der Waals surface area contributed by atoms with E-state index in [1.165, 1.54) is 12.1 Å². The predicted molar refractivity (Wildman–Crippen MR) is 62.0 cm³/mol. The second-order valence-electron chi connectivity index (χ2n) is 3.53. The first kappa shape index (κ1) is 14.4. The van der Waals surface area contributed by atoms with E-state index < -0.39 is 23.8 Å². The smallest absolute Gasteiger partial charge is 0.332 e. The van der Waals surface area contributed by atoms with Crippen LogP contribution in [-0.4, -0.2) is 34.7 Å². The Labute approximate surface area is 107 Å². The highest BCUT2D eigenvalue weighted by Gasteiger charge is 2.13. The van der Waals surface area contributed by atoms with Crippen molar-refractivity contribution in [2.75, 3.05) is 6.54 Å². The number of nitrogens with one attached hydrogen (secondary N) is 1. The number of hydrogen-bond donors (Lipinski definition) is 3. The lowest BCUT2D eigenvalue weighted by Gasteiger charge is -2.07. The number of halogens is 2. The van der Waals surface area contributed by atoms with Gasteiger partial charge in [0.2, 0.25) is 0 Å². The molecule has 0 aliphatic heterocycles. The normalized spacial score (nSPS) is 11.9. The van der Waals surface area contributed by atoms with E-state index in [0.29, 0.717) is 0 Å². The Kier molecular flexibility index (Phi) is 5.06. The topological polar surface area (TPSA) is 86.6 Å². The minimum absolute atomic E-state index is 0.0126. The van der Waals surface area contributed by atoms with Gasteiger partial charge in [-0.1, -0.05) is 11.6 Å². The van der Waals surface area contributed by atoms with Crippen molar-refractivity contribution < 1.29 is 24.2 Å². The summed E-state index contributed by atoms with van der Waals surface area (Å²) in [5.41, 5.74) is 0.159. The third-order valence-electron chi connectivity index (χ3n) is 2.17. The number of carbonyl (C=O) groups excluding carboxylic acids is 1. The Bertz CT molecular complexity index is 466. The standard InChI is InChI=1S/C11H11ClFNO4/c12-7-5-6(1-2-8(7)13)10(16)14-4-3-9(15)11(17)18/h1-2,5,9,15H,3-4H2,(H,14,16)(H,17,18)/t9-/m0/s1. The summed E-state index contributed by atoms with van der Waals surface area (Å²) in [7, 11) is 0. The highest BCUT2D eigenvalue weighted by molar-refractivity contribution is 6.31. The average Bonchev–Trinajstić information content (AvgIpc) is 2.32. The van der Waals surface area contributed by atoms with Gasteiger partial charge < -0.3 is 15.5 Å². The number of amides is 1. The second-order valence-corrected chi connectivity index (χ2v) is 3.93. The third kappa shape index (κ3) is 3.97. The highest BCUT2D eigenvalue weighted by atomic mass is 35.5. The number of rotatable bonds is 5. The van der Waals surface area contributed by atoms with Crippen molar-refractivity contribution in [3.05, 3.63) is 34.6 Å². The van der Waals surface area contributed by atoms with Gasteiger partial charge in [0.05, 0.1) is 5.02 Å². The molecule has 1 rings (SSSR count). The fourth-order valence-electron chi connectivity index (χ4n) is 1.19. The van der Waals surface area contributed by atoms with Crippen LogP contribution in [0.3, 0.4) is 0 Å². The molecule has 0 unspecified atom stereocenters. The summed E-state index contributed by atoms with van der Waals surface area (Å²) in [6, 6.07) is 3.48. The number of benzene rings is 1. The minimum Gasteiger partial charge on any atom is -0.479 e. The number of carboxylic acids is 1. The maximum atomic E-state index is 12.8. The van der Waals surface area contributed by atoms with Crippen LogP contribution in [0.25, 0.3) is 0 Å². The summed E-state index contributed by atoms with van der Waals surface area (Å²) in [5.74, 6) is -2.50. The maximum absolute atomic E-state index is 12.8. The van der Waals surface area contributed by atoms with E-state index >= 15 is 0 Å². The summed E-state index contributed by atoms with van der Waals surface area (Å²) in [6.07, 6.45) is -1.64. The van der Waals surface area contributed by atoms with E-state index in [1.54, 1.807) is 0 Å². The van der Waals surface area contributed by atoms with Crippen LogP contribution in [0.2, 0.25) is 5.02 Å². The first-order valence-corrected chi connectivity index (χ1v) is 5.43. The summed E-state index contributed by atoms with van der Waals surface area (Å²) < 4.78 is 12.8. The molecule has 0 saturated heterocycles. The zero-order valence-electron chi connectivity index (χ0n) is 9.19. The van der Waals surface area contributed by atoms with Gasteiger partial charge in [-0.3, -0.25) is 4.79 Å². The molecule has 18 heavy (non-hydrogen) atoms. The van der Waals surface area contributed by atoms with Crippen LogP contribution >= 0.6 is 11.6 Å². The van der Waals surface area contributed by atoms with Crippen molar-refractivity contribution in [1.29, 1.82) is 0 Å². The quantitative estimate of drug-likeness (QED) is 0.749. The number of aliphatic carboxylic acids is 1. The lowest BCUT2D eigenvalue weighted by atomic mass is 10.2. The van der Waals surface area contributed by atoms with Gasteiger partial charge in [-0.2, -0.15) is 0 Å². The van der Waals surface area contributed by atoms with E-state index in [0.717, 1.165) is 6.07 Å². The Morgan fingerprint density at radius 3 is 2.67 bits per heavy atom. The highest BCUT2D eigenvalue weighted by Crippen LogP contribution is 2.15. The van der Waals surface area contributed by atoms with Gasteiger partial charge in [-0.15, -0.1) is 0 Å². The molecule has 0 spiro atoms. The molecule has 1 aromatic carbocycles. The molecule has 98 valence electrons. The van der Waals surface area contributed by atoms with Crippen LogP contribution < -0.4 is 5.32 Å². The summed E-state index contributed by atoms with van der Waals surface area (Å²) in [4.78, 5) is 21.8. The number of hydrogen-bond acceptors (Lipinski definition) is 3. The van der Waals surface area contributed by atoms with Crippen LogP contribution in [0.4, 0.5) is 4.39 Å². The van der Waals surface area contributed by atoms with Crippen LogP contribution in [0.15, 0.2) is 18.2 Å². The molecule has 0 fully saturated rings. The van der Waals surface area contributed by atoms with Gasteiger partial charge in [-0.25, -0.2) is 9.18 Å². The molecule has 0 bridgehead atoms. The number of carbonyl (C=O) groups is 2. The fraction of sp³-hybridized carbons (Fsp3) is 0.273. The van der Waals surface area contributed by atoms with Gasteiger partial charge in [0.25, 0.3) is 5.91 Å². The van der Waals surface area contributed by atoms with Crippen LogP contribution in [0.1, 0.15) is 16.8 Å². The summed E-state index contributed by atoms with van der Waals surface area (Å²) in [6.45, 7) is -0.0126. The number of aliphatic hydroxyl groups excluding tert-OH is 1. The zero-order chi connectivity index (χ0) is 13.7. The first-order chi connectivity index (χ1) is 8.41. The Morgan fingerprint density at radius 2 is 2.11 bits per heavy atom. The monoisotopic (exact) mass is 275 g/mol. The van der Waals surface area contributed by atoms with Gasteiger partial charge in [0.15, 0.2) is 6.10 Å². The number of carboxylic acid groups (broad SMARTS) is 1. The lowest BCUT2D eigenvalue weighted by Crippen LogP contribution is -2.30. The lowest BCUT2D eigenvalue weighted by molar-refractivity contribution is -0.146. The van der Waals surface area contributed by atoms with E-state index in [1.807, 2.05) is 0 Å². The summed E-state index contributed by atoms with van der Waals surface area (Å²) >= 11 is 5.51. The zero-order valence-corrected chi connectivity index (χ0v) is 9.95. The van der Waals surface area contributed by atoms with Crippen molar-refractivity contribution in [1.82, 2.24) is 5.32 Å². The molecule has 0 saturated carbocycles. The van der Waals surface area contributed by atoms with Crippen molar-refractivity contribution in [3.63, 3.8) is 0 Å². The van der Waals surface area contributed by atoms with E-state index in [4.69, 9.17) is 21.8 Å². The SMILES string of the molecule is O=C(NCC[C@H](O)C(=O)O)c1ccc(F)c(Cl)c1. The van der Waals surface area contributed by atoms with Crippen molar-refractivity contribution >= 4 is 23.5 Å². The minimum atomic E-state index is -1.53. The van der Waals surface area contributed by atoms with Crippen molar-refractivity contribution in [2.24, 2.45) is 0 Å². The molecular formula is C11H11ClFNO4. The van der Waals surface area contributed by atoms with Gasteiger partial charge in [0, 0.05) is 18.5 Å². The Morgan fingerprint density at radius 1 is 1.44 bits per heavy atom. The molecule has 0 heterocycles. The Balaban J connectivity index is 2.50. The molecule has 7 heteroatoms. The predicted octanol–water partition coefficient (Wildman–Crippen LogP) is 1.04. The maximum Gasteiger partial charge on any atom is 0.332 e. The third-order valence-corrected chi connectivity index (χ3v) is 2.46. The fourth-order valence-corrected chi connectivity index (χ4v) is 1.37. The molecule has 3 N–H and O–H groups in total. The van der Waals surface area contributed by atoms with Crippen LogP contribution in [-0.2, 0) is 4.79 Å². The molecule has 0 aliphatic rings. The van der Waals surface area contributed by atoms with Crippen LogP contribution in [0.5, 0.6) is 0 Å². The number of aliphatic hydroxyl groups is 1. The summed E-state index contributed by atoms with van der Waals surface area (Å²) in [5, 5.41) is 19.6. The van der Waals surface area contributed by atoms with Gasteiger partial charge in [0.1, 0.15) is 5.82 Å². The molecule has 0 radical (unpaired) electrons. The molecular weight excluding hydrogens is 265 g/mol. The largest absolute Gasteiger partial charge is 0.479 e. The molecule has 1 atom stereocenters. The van der Waals surface area contributed by atoms with Crippen LogP contribution in [0, 0.1) is 5.82 Å². The average molecular weight is 276 g/mol. The molecule has 1 aromatic rings. The molecule has 5 nitrogen and oxygen atoms in total. The Hall–Kier alpha value is -1.66. The van der Waals surface area contributed by atoms with Gasteiger partial charge >= 0.3 is 5.97 Å². The van der Waals surface area contributed by atoms with Crippen molar-refractivity contribution in [2.45, 2.75) is 12.5 Å². The molecule has 0 aromatic heterocycles.